The first kappa shape index (κ1) is 27.4. The zero-order chi connectivity index (χ0) is 21.5. The van der Waals surface area contributed by atoms with E-state index < -0.39 is 23.8 Å². The fourth-order valence-corrected chi connectivity index (χ4v) is 4.09. The van der Waals surface area contributed by atoms with Crippen LogP contribution in [-0.4, -0.2) is 35.4 Å². The largest absolute Gasteiger partial charge is 1.00 e. The molecule has 1 aromatic carbocycles. The second kappa shape index (κ2) is 11.1. The topological polar surface area (TPSA) is 131 Å². The van der Waals surface area contributed by atoms with Gasteiger partial charge in [0.1, 0.15) is 17.7 Å². The first-order valence-electron chi connectivity index (χ1n) is 9.42. The zero-order valence-corrected chi connectivity index (χ0v) is 22.5. The average Bonchev–Trinajstić information content (AvgIpc) is 3.14. The number of carbonyl (C=O) groups excluding carboxylic acids is 2. The number of ether oxygens (including phenoxy) is 2. The molecule has 0 amide bonds. The van der Waals surface area contributed by atoms with Gasteiger partial charge in [0.05, 0.1) is 6.10 Å². The van der Waals surface area contributed by atoms with Gasteiger partial charge in [-0.25, -0.2) is 0 Å². The smallest absolute Gasteiger partial charge is 0.542 e. The molecule has 158 valence electrons. The van der Waals surface area contributed by atoms with Crippen molar-refractivity contribution in [2.24, 2.45) is 0 Å². The molecule has 1 aliphatic heterocycles. The minimum absolute atomic E-state index is 0. The van der Waals surface area contributed by atoms with Gasteiger partial charge in [0.15, 0.2) is 5.76 Å². The van der Waals surface area contributed by atoms with Gasteiger partial charge < -0.3 is 39.7 Å². The van der Waals surface area contributed by atoms with E-state index in [4.69, 9.17) is 21.1 Å². The van der Waals surface area contributed by atoms with E-state index in [1.165, 1.54) is 0 Å². The van der Waals surface area contributed by atoms with Crippen molar-refractivity contribution in [2.75, 3.05) is 6.54 Å². The molecular formula is C21H18ClNNa2O7. The maximum Gasteiger partial charge on any atom is 1.00 e. The minimum Gasteiger partial charge on any atom is -0.542 e. The number of rotatable bonds is 6. The molecule has 8 nitrogen and oxygen atoms in total. The van der Waals surface area contributed by atoms with Gasteiger partial charge in [-0.1, -0.05) is 35.9 Å². The monoisotopic (exact) mass is 477 g/mol. The standard InChI is InChI=1S/C21H20ClNO7.2Na/c22-12-4-1-3-11(9-12)16(24)10-23-15-6-2-5-14-13(15)7-8-17-18(14)30-21(29-17,19(25)26)20(27)28;;/h1-5,9,15-16,23-24H,6-8,10H2,(H,25,26)(H,27,28);;/q;2*+1/p-2/t15-,16-;;/m1../s1. The van der Waals surface area contributed by atoms with Crippen LogP contribution in [-0.2, 0) is 19.1 Å². The molecule has 1 heterocycles. The number of benzene rings is 1. The zero-order valence-electron chi connectivity index (χ0n) is 17.7. The van der Waals surface area contributed by atoms with Crippen LogP contribution >= 0.6 is 11.6 Å². The number of carboxylic acids is 2. The quantitative estimate of drug-likeness (QED) is 0.306. The number of carbonyl (C=O) groups is 2. The van der Waals surface area contributed by atoms with Crippen LogP contribution in [0.1, 0.15) is 30.9 Å². The van der Waals surface area contributed by atoms with Crippen LogP contribution in [0.25, 0.3) is 0 Å². The normalized spacial score (nSPS) is 21.2. The Kier molecular flexibility index (Phi) is 9.50. The molecule has 0 unspecified atom stereocenters. The summed E-state index contributed by atoms with van der Waals surface area (Å²) in [6, 6.07) is 6.82. The van der Waals surface area contributed by atoms with Gasteiger partial charge in [-0.05, 0) is 36.1 Å². The summed E-state index contributed by atoms with van der Waals surface area (Å²) in [5, 5.41) is 37.1. The summed E-state index contributed by atoms with van der Waals surface area (Å²) in [4.78, 5) is 22.8. The van der Waals surface area contributed by atoms with Crippen molar-refractivity contribution in [1.29, 1.82) is 0 Å². The first-order chi connectivity index (χ1) is 14.3. The van der Waals surface area contributed by atoms with Crippen molar-refractivity contribution in [1.82, 2.24) is 5.32 Å². The number of allylic oxidation sites excluding steroid dienone is 2. The molecule has 3 aliphatic rings. The van der Waals surface area contributed by atoms with Gasteiger partial charge in [-0.2, -0.15) is 0 Å². The van der Waals surface area contributed by atoms with E-state index in [1.54, 1.807) is 30.3 Å². The molecule has 32 heavy (non-hydrogen) atoms. The Labute approximate surface area is 233 Å². The molecule has 2 aliphatic carbocycles. The van der Waals surface area contributed by atoms with Gasteiger partial charge >= 0.3 is 64.9 Å². The van der Waals surface area contributed by atoms with Crippen LogP contribution in [0.3, 0.4) is 0 Å². The molecule has 4 rings (SSSR count). The van der Waals surface area contributed by atoms with E-state index in [1.807, 2.05) is 6.08 Å². The second-order valence-electron chi connectivity index (χ2n) is 7.26. The van der Waals surface area contributed by atoms with Gasteiger partial charge in [0.25, 0.3) is 0 Å². The van der Waals surface area contributed by atoms with Crippen molar-refractivity contribution < 1.29 is 93.5 Å². The fourth-order valence-electron chi connectivity index (χ4n) is 3.89. The SMILES string of the molecule is O=C([O-])C1(C(=O)[O-])OC2=C(O1)C1=C(CC2)[C@H](NC[C@@H](O)c2cccc(Cl)c2)CC=C1.[Na+].[Na+]. The summed E-state index contributed by atoms with van der Waals surface area (Å²) < 4.78 is 10.4. The van der Waals surface area contributed by atoms with Gasteiger partial charge in [0.2, 0.25) is 0 Å². The number of halogens is 1. The van der Waals surface area contributed by atoms with Crippen LogP contribution in [0, 0.1) is 0 Å². The van der Waals surface area contributed by atoms with Crippen molar-refractivity contribution in [3.8, 4) is 0 Å². The Bertz CT molecular complexity index is 994. The Balaban J connectivity index is 0.00000181. The van der Waals surface area contributed by atoms with Crippen molar-refractivity contribution in [3.05, 3.63) is 69.7 Å². The van der Waals surface area contributed by atoms with Crippen LogP contribution in [0.5, 0.6) is 0 Å². The fraction of sp³-hybridized carbons (Fsp3) is 0.333. The summed E-state index contributed by atoms with van der Waals surface area (Å²) >= 11 is 5.98. The Morgan fingerprint density at radius 1 is 1.22 bits per heavy atom. The van der Waals surface area contributed by atoms with E-state index in [0.29, 0.717) is 29.0 Å². The van der Waals surface area contributed by atoms with Crippen molar-refractivity contribution in [3.63, 3.8) is 0 Å². The number of aliphatic hydroxyl groups is 1. The molecule has 0 bridgehead atoms. The molecular weight excluding hydrogens is 460 g/mol. The molecule has 0 saturated heterocycles. The van der Waals surface area contributed by atoms with E-state index in [0.717, 1.165) is 5.57 Å². The number of aliphatic hydroxyl groups excluding tert-OH is 1. The molecule has 0 saturated carbocycles. The predicted octanol–water partition coefficient (Wildman–Crippen LogP) is -6.16. The summed E-state index contributed by atoms with van der Waals surface area (Å²) in [7, 11) is 0. The summed E-state index contributed by atoms with van der Waals surface area (Å²) in [6.45, 7) is 0.265. The third-order valence-electron chi connectivity index (χ3n) is 5.38. The number of fused-ring (bicyclic) bond motifs is 1. The van der Waals surface area contributed by atoms with Gasteiger partial charge in [0, 0.05) is 29.6 Å². The van der Waals surface area contributed by atoms with Crippen LogP contribution < -0.4 is 74.6 Å². The van der Waals surface area contributed by atoms with Crippen LogP contribution in [0.15, 0.2) is 59.1 Å². The molecule has 0 fully saturated rings. The third kappa shape index (κ3) is 5.14. The molecule has 2 N–H and O–H groups in total. The number of hydrogen-bond donors (Lipinski definition) is 2. The van der Waals surface area contributed by atoms with Crippen LogP contribution in [0.2, 0.25) is 5.02 Å². The van der Waals surface area contributed by atoms with Gasteiger partial charge in [-0.3, -0.25) is 0 Å². The molecule has 11 heteroatoms. The van der Waals surface area contributed by atoms with Crippen molar-refractivity contribution in [2.45, 2.75) is 37.2 Å². The second-order valence-corrected chi connectivity index (χ2v) is 7.69. The molecule has 0 radical (unpaired) electrons. The molecule has 0 aromatic heterocycles. The van der Waals surface area contributed by atoms with Crippen LogP contribution in [0.4, 0.5) is 0 Å². The summed E-state index contributed by atoms with van der Waals surface area (Å²) in [5.74, 6) is -6.82. The van der Waals surface area contributed by atoms with Gasteiger partial charge in [-0.15, -0.1) is 0 Å². The number of nitrogens with one attached hydrogen (secondary N) is 1. The van der Waals surface area contributed by atoms with E-state index >= 15 is 0 Å². The third-order valence-corrected chi connectivity index (χ3v) is 5.62. The first-order valence-corrected chi connectivity index (χ1v) is 9.80. The number of hydrogen-bond acceptors (Lipinski definition) is 8. The molecule has 0 spiro atoms. The maximum absolute atomic E-state index is 11.4. The number of aliphatic carboxylic acids is 2. The maximum atomic E-state index is 11.4. The molecule has 2 atom stereocenters. The summed E-state index contributed by atoms with van der Waals surface area (Å²) in [6.07, 6.45) is 4.28. The molecule has 1 aromatic rings. The van der Waals surface area contributed by atoms with E-state index in [9.17, 15) is 24.9 Å². The van der Waals surface area contributed by atoms with E-state index in [-0.39, 0.29) is 89.6 Å². The van der Waals surface area contributed by atoms with Crippen molar-refractivity contribution >= 4 is 23.5 Å². The number of carboxylic acid groups (broad SMARTS) is 2. The average molecular weight is 478 g/mol. The summed E-state index contributed by atoms with van der Waals surface area (Å²) in [5.41, 5.74) is 2.18. The Morgan fingerprint density at radius 3 is 2.59 bits per heavy atom. The predicted molar refractivity (Wildman–Crippen MR) is 100 cm³/mol. The Morgan fingerprint density at radius 2 is 1.94 bits per heavy atom. The Hall–Kier alpha value is -0.810. The minimum atomic E-state index is -2.98. The van der Waals surface area contributed by atoms with E-state index in [2.05, 4.69) is 5.32 Å².